The number of rotatable bonds is 1. The smallest absolute Gasteiger partial charge is 0.0688 e. The lowest BCUT2D eigenvalue weighted by Crippen LogP contribution is -2.38. The second-order valence-electron chi connectivity index (χ2n) is 3.07. The standard InChI is InChI=1S/C7H11NO/c1-7(2,5-8)6-3-9-4-6/h6H,3-4H2,1-2H3. The van der Waals surface area contributed by atoms with Crippen molar-refractivity contribution >= 4 is 0 Å². The summed E-state index contributed by atoms with van der Waals surface area (Å²) in [6.07, 6.45) is 0. The Labute approximate surface area is 55.4 Å². The highest BCUT2D eigenvalue weighted by atomic mass is 16.5. The van der Waals surface area contributed by atoms with E-state index in [0.717, 1.165) is 13.2 Å². The topological polar surface area (TPSA) is 33.0 Å². The number of ether oxygens (including phenoxy) is 1. The lowest BCUT2D eigenvalue weighted by molar-refractivity contribution is -0.0713. The van der Waals surface area contributed by atoms with E-state index in [2.05, 4.69) is 6.07 Å². The van der Waals surface area contributed by atoms with E-state index in [4.69, 9.17) is 10.00 Å². The zero-order valence-corrected chi connectivity index (χ0v) is 5.85. The van der Waals surface area contributed by atoms with Crippen LogP contribution in [0.4, 0.5) is 0 Å². The van der Waals surface area contributed by atoms with E-state index < -0.39 is 0 Å². The molecule has 0 bridgehead atoms. The third-order valence-electron chi connectivity index (χ3n) is 1.95. The van der Waals surface area contributed by atoms with E-state index in [1.807, 2.05) is 13.8 Å². The Morgan fingerprint density at radius 3 is 2.22 bits per heavy atom. The molecule has 0 aliphatic carbocycles. The van der Waals surface area contributed by atoms with Crippen molar-refractivity contribution in [2.45, 2.75) is 13.8 Å². The van der Waals surface area contributed by atoms with Gasteiger partial charge in [-0.05, 0) is 13.8 Å². The Kier molecular flexibility index (Phi) is 1.46. The summed E-state index contributed by atoms with van der Waals surface area (Å²) < 4.78 is 4.97. The van der Waals surface area contributed by atoms with Gasteiger partial charge in [0.05, 0.1) is 24.7 Å². The summed E-state index contributed by atoms with van der Waals surface area (Å²) in [4.78, 5) is 0. The summed E-state index contributed by atoms with van der Waals surface area (Å²) in [5.74, 6) is 0.461. The molecule has 1 rings (SSSR count). The van der Waals surface area contributed by atoms with Crippen LogP contribution in [0, 0.1) is 22.7 Å². The first-order valence-corrected chi connectivity index (χ1v) is 3.16. The van der Waals surface area contributed by atoms with Gasteiger partial charge >= 0.3 is 0 Å². The third-order valence-corrected chi connectivity index (χ3v) is 1.95. The zero-order valence-electron chi connectivity index (χ0n) is 5.85. The molecule has 0 amide bonds. The summed E-state index contributed by atoms with van der Waals surface area (Å²) in [5, 5.41) is 8.62. The Morgan fingerprint density at radius 2 is 2.11 bits per heavy atom. The molecule has 1 aliphatic rings. The molecule has 0 unspecified atom stereocenters. The van der Waals surface area contributed by atoms with E-state index in [9.17, 15) is 0 Å². The molecule has 1 aliphatic heterocycles. The van der Waals surface area contributed by atoms with Gasteiger partial charge in [-0.3, -0.25) is 0 Å². The summed E-state index contributed by atoms with van der Waals surface area (Å²) in [6.45, 7) is 5.45. The van der Waals surface area contributed by atoms with Gasteiger partial charge in [0, 0.05) is 5.92 Å². The van der Waals surface area contributed by atoms with E-state index in [1.54, 1.807) is 0 Å². The molecule has 0 N–H and O–H groups in total. The van der Waals surface area contributed by atoms with Crippen molar-refractivity contribution in [3.8, 4) is 6.07 Å². The van der Waals surface area contributed by atoms with E-state index in [1.165, 1.54) is 0 Å². The summed E-state index contributed by atoms with van der Waals surface area (Å²) in [7, 11) is 0. The van der Waals surface area contributed by atoms with Crippen molar-refractivity contribution in [3.05, 3.63) is 0 Å². The van der Waals surface area contributed by atoms with Gasteiger partial charge < -0.3 is 4.74 Å². The van der Waals surface area contributed by atoms with Gasteiger partial charge in [-0.25, -0.2) is 0 Å². The molecule has 0 radical (unpaired) electrons. The quantitative estimate of drug-likeness (QED) is 0.527. The molecule has 2 nitrogen and oxygen atoms in total. The maximum Gasteiger partial charge on any atom is 0.0688 e. The highest BCUT2D eigenvalue weighted by Crippen LogP contribution is 2.31. The zero-order chi connectivity index (χ0) is 6.91. The normalized spacial score (nSPS) is 20.6. The lowest BCUT2D eigenvalue weighted by Gasteiger charge is -2.34. The number of hydrogen-bond donors (Lipinski definition) is 0. The molecule has 0 aromatic rings. The van der Waals surface area contributed by atoms with Crippen LogP contribution < -0.4 is 0 Å². The van der Waals surface area contributed by atoms with Crippen LogP contribution in [0.1, 0.15) is 13.8 Å². The van der Waals surface area contributed by atoms with Crippen LogP contribution in [0.2, 0.25) is 0 Å². The lowest BCUT2D eigenvalue weighted by atomic mass is 9.79. The first-order chi connectivity index (χ1) is 4.17. The van der Waals surface area contributed by atoms with Gasteiger partial charge in [-0.2, -0.15) is 5.26 Å². The minimum atomic E-state index is -0.182. The molecule has 1 saturated heterocycles. The van der Waals surface area contributed by atoms with Gasteiger partial charge in [-0.15, -0.1) is 0 Å². The Balaban J connectivity index is 2.50. The van der Waals surface area contributed by atoms with Gasteiger partial charge in [0.25, 0.3) is 0 Å². The monoisotopic (exact) mass is 125 g/mol. The predicted octanol–water partition coefficient (Wildman–Crippen LogP) is 1.18. The van der Waals surface area contributed by atoms with E-state index in [-0.39, 0.29) is 5.41 Å². The van der Waals surface area contributed by atoms with Crippen LogP contribution >= 0.6 is 0 Å². The summed E-state index contributed by atoms with van der Waals surface area (Å²) in [5.41, 5.74) is -0.182. The minimum absolute atomic E-state index is 0.182. The maximum atomic E-state index is 8.62. The first kappa shape index (κ1) is 6.57. The van der Waals surface area contributed by atoms with Gasteiger partial charge in [0.1, 0.15) is 0 Å². The maximum absolute atomic E-state index is 8.62. The van der Waals surface area contributed by atoms with Crippen LogP contribution in [0.5, 0.6) is 0 Å². The molecule has 0 aromatic carbocycles. The van der Waals surface area contributed by atoms with Crippen LogP contribution in [0.3, 0.4) is 0 Å². The van der Waals surface area contributed by atoms with Crippen molar-refractivity contribution in [1.29, 1.82) is 5.26 Å². The average molecular weight is 125 g/mol. The third kappa shape index (κ3) is 1.06. The number of nitriles is 1. The molecule has 0 spiro atoms. The molecule has 1 fully saturated rings. The van der Waals surface area contributed by atoms with Crippen molar-refractivity contribution < 1.29 is 4.74 Å². The summed E-state index contributed by atoms with van der Waals surface area (Å²) in [6, 6.07) is 2.26. The number of hydrogen-bond acceptors (Lipinski definition) is 2. The van der Waals surface area contributed by atoms with Crippen molar-refractivity contribution in [3.63, 3.8) is 0 Å². The first-order valence-electron chi connectivity index (χ1n) is 3.16. The largest absolute Gasteiger partial charge is 0.381 e. The van der Waals surface area contributed by atoms with Gasteiger partial charge in [0.15, 0.2) is 0 Å². The molecule has 0 atom stereocenters. The molecule has 0 aromatic heterocycles. The molecular weight excluding hydrogens is 114 g/mol. The molecule has 50 valence electrons. The van der Waals surface area contributed by atoms with Crippen LogP contribution in [-0.4, -0.2) is 13.2 Å². The van der Waals surface area contributed by atoms with Gasteiger partial charge in [0.2, 0.25) is 0 Å². The Bertz CT molecular complexity index is 141. The fourth-order valence-corrected chi connectivity index (χ4v) is 0.744. The van der Waals surface area contributed by atoms with Crippen molar-refractivity contribution in [2.75, 3.05) is 13.2 Å². The minimum Gasteiger partial charge on any atom is -0.381 e. The fraction of sp³-hybridized carbons (Fsp3) is 0.857. The van der Waals surface area contributed by atoms with Gasteiger partial charge in [-0.1, -0.05) is 0 Å². The van der Waals surface area contributed by atoms with Crippen LogP contribution in [0.25, 0.3) is 0 Å². The number of nitrogens with zero attached hydrogens (tertiary/aromatic N) is 1. The second-order valence-corrected chi connectivity index (χ2v) is 3.07. The Morgan fingerprint density at radius 1 is 1.56 bits per heavy atom. The Hall–Kier alpha value is -0.550. The highest BCUT2D eigenvalue weighted by Gasteiger charge is 2.34. The molecule has 1 heterocycles. The average Bonchev–Trinajstić information content (AvgIpc) is 1.60. The van der Waals surface area contributed by atoms with E-state index in [0.29, 0.717) is 5.92 Å². The predicted molar refractivity (Wildman–Crippen MR) is 33.7 cm³/mol. The van der Waals surface area contributed by atoms with Crippen LogP contribution in [0.15, 0.2) is 0 Å². The van der Waals surface area contributed by atoms with Crippen molar-refractivity contribution in [1.82, 2.24) is 0 Å². The highest BCUT2D eigenvalue weighted by molar-refractivity contribution is 4.98. The SMILES string of the molecule is CC(C)(C#N)C1COC1. The van der Waals surface area contributed by atoms with Crippen molar-refractivity contribution in [2.24, 2.45) is 11.3 Å². The molecular formula is C7H11NO. The second kappa shape index (κ2) is 2.00. The fourth-order valence-electron chi connectivity index (χ4n) is 0.744. The molecule has 2 heteroatoms. The molecule has 0 saturated carbocycles. The summed E-state index contributed by atoms with van der Waals surface area (Å²) >= 11 is 0. The van der Waals surface area contributed by atoms with E-state index >= 15 is 0 Å². The molecule has 9 heavy (non-hydrogen) atoms. The van der Waals surface area contributed by atoms with Crippen LogP contribution in [-0.2, 0) is 4.74 Å².